The molecule has 3 rings (SSSR count). The second-order valence-electron chi connectivity index (χ2n) is 8.66. The minimum absolute atomic E-state index is 0.0833. The van der Waals surface area contributed by atoms with E-state index in [1.165, 1.54) is 49.7 Å². The molecule has 0 amide bonds. The SMILES string of the molecule is O=C(O)CCC/C=C\C[C@H]1C(=O)CC[C@@H]1c1ccc(CC2CCCCC2)cc1. The van der Waals surface area contributed by atoms with Crippen LogP contribution in [0.3, 0.4) is 0 Å². The third-order valence-corrected chi connectivity index (χ3v) is 6.58. The van der Waals surface area contributed by atoms with Gasteiger partial charge in [-0.2, -0.15) is 0 Å². The van der Waals surface area contributed by atoms with Gasteiger partial charge in [0.15, 0.2) is 0 Å². The van der Waals surface area contributed by atoms with Crippen LogP contribution in [0.25, 0.3) is 0 Å². The van der Waals surface area contributed by atoms with E-state index in [-0.39, 0.29) is 12.3 Å². The normalized spacial score (nSPS) is 23.5. The fourth-order valence-corrected chi connectivity index (χ4v) is 4.96. The average Bonchev–Trinajstić information content (AvgIpc) is 3.06. The Morgan fingerprint density at radius 3 is 2.50 bits per heavy atom. The third kappa shape index (κ3) is 6.05. The Labute approximate surface area is 169 Å². The van der Waals surface area contributed by atoms with Crippen molar-refractivity contribution in [2.45, 2.75) is 83.0 Å². The lowest BCUT2D eigenvalue weighted by atomic mass is 9.83. The quantitative estimate of drug-likeness (QED) is 0.416. The summed E-state index contributed by atoms with van der Waals surface area (Å²) in [6.07, 6.45) is 16.3. The maximum absolute atomic E-state index is 12.4. The van der Waals surface area contributed by atoms with Crippen LogP contribution in [0, 0.1) is 11.8 Å². The van der Waals surface area contributed by atoms with Gasteiger partial charge in [-0.1, -0.05) is 68.5 Å². The first-order valence-electron chi connectivity index (χ1n) is 11.1. The van der Waals surface area contributed by atoms with E-state index < -0.39 is 5.97 Å². The summed E-state index contributed by atoms with van der Waals surface area (Å²) in [5.41, 5.74) is 2.75. The number of carboxylic acids is 1. The number of Topliss-reactive ketones (excluding diaryl/α,β-unsaturated/α-hetero) is 1. The van der Waals surface area contributed by atoms with Gasteiger partial charge >= 0.3 is 5.97 Å². The van der Waals surface area contributed by atoms with Crippen LogP contribution in [-0.2, 0) is 16.0 Å². The van der Waals surface area contributed by atoms with Gasteiger partial charge in [-0.25, -0.2) is 0 Å². The van der Waals surface area contributed by atoms with E-state index >= 15 is 0 Å². The van der Waals surface area contributed by atoms with Gasteiger partial charge in [-0.3, -0.25) is 9.59 Å². The molecular weight excluding hydrogens is 348 g/mol. The summed E-state index contributed by atoms with van der Waals surface area (Å²) in [6, 6.07) is 9.08. The smallest absolute Gasteiger partial charge is 0.303 e. The molecule has 0 heterocycles. The van der Waals surface area contributed by atoms with E-state index in [2.05, 4.69) is 30.3 Å². The Balaban J connectivity index is 1.53. The zero-order valence-corrected chi connectivity index (χ0v) is 16.9. The molecule has 0 aromatic heterocycles. The zero-order valence-electron chi connectivity index (χ0n) is 16.9. The van der Waals surface area contributed by atoms with E-state index in [1.54, 1.807) is 0 Å². The van der Waals surface area contributed by atoms with Crippen molar-refractivity contribution in [1.29, 1.82) is 0 Å². The minimum atomic E-state index is -0.744. The fraction of sp³-hybridized carbons (Fsp3) is 0.600. The molecule has 2 saturated carbocycles. The molecule has 3 heteroatoms. The fourth-order valence-electron chi connectivity index (χ4n) is 4.96. The molecule has 2 aliphatic carbocycles. The van der Waals surface area contributed by atoms with Gasteiger partial charge in [0.25, 0.3) is 0 Å². The predicted octanol–water partition coefficient (Wildman–Crippen LogP) is 6.07. The summed E-state index contributed by atoms with van der Waals surface area (Å²) >= 11 is 0. The molecule has 0 spiro atoms. The van der Waals surface area contributed by atoms with Crippen molar-refractivity contribution in [2.24, 2.45) is 11.8 Å². The van der Waals surface area contributed by atoms with Gasteiger partial charge < -0.3 is 5.11 Å². The molecule has 0 bridgehead atoms. The predicted molar refractivity (Wildman–Crippen MR) is 112 cm³/mol. The Hall–Kier alpha value is -1.90. The zero-order chi connectivity index (χ0) is 19.8. The number of allylic oxidation sites excluding steroid dienone is 2. The van der Waals surface area contributed by atoms with Gasteiger partial charge in [0.1, 0.15) is 5.78 Å². The molecule has 1 aromatic carbocycles. The summed E-state index contributed by atoms with van der Waals surface area (Å²) < 4.78 is 0. The molecule has 0 saturated heterocycles. The molecule has 3 nitrogen and oxygen atoms in total. The standard InChI is InChI=1S/C25H34O3/c26-24-17-16-22(23(24)10-6-1-2-7-11-25(27)28)21-14-12-20(13-15-21)18-19-8-4-3-5-9-19/h1,6,12-15,19,22-23H,2-5,7-11,16-18H2,(H,27,28)/b6-1-/t22-,23-/m1/s1. The summed E-state index contributed by atoms with van der Waals surface area (Å²) in [4.78, 5) is 22.9. The topological polar surface area (TPSA) is 54.4 Å². The lowest BCUT2D eigenvalue weighted by molar-refractivity contribution is -0.137. The van der Waals surface area contributed by atoms with E-state index in [9.17, 15) is 9.59 Å². The van der Waals surface area contributed by atoms with Crippen molar-refractivity contribution in [2.75, 3.05) is 0 Å². The van der Waals surface area contributed by atoms with Gasteiger partial charge in [0, 0.05) is 18.8 Å². The van der Waals surface area contributed by atoms with Crippen molar-refractivity contribution >= 4 is 11.8 Å². The first-order chi connectivity index (χ1) is 13.6. The van der Waals surface area contributed by atoms with Crippen LogP contribution in [0.1, 0.15) is 87.7 Å². The molecule has 0 unspecified atom stereocenters. The van der Waals surface area contributed by atoms with Crippen LogP contribution in [0.2, 0.25) is 0 Å². The highest BCUT2D eigenvalue weighted by molar-refractivity contribution is 5.84. The van der Waals surface area contributed by atoms with Crippen LogP contribution in [0.5, 0.6) is 0 Å². The first kappa shape index (κ1) is 20.8. The van der Waals surface area contributed by atoms with E-state index in [1.807, 2.05) is 6.08 Å². The van der Waals surface area contributed by atoms with Gasteiger partial charge in [0.2, 0.25) is 0 Å². The van der Waals surface area contributed by atoms with Gasteiger partial charge in [-0.15, -0.1) is 0 Å². The van der Waals surface area contributed by atoms with E-state index in [0.29, 0.717) is 24.5 Å². The van der Waals surface area contributed by atoms with Crippen molar-refractivity contribution < 1.29 is 14.7 Å². The van der Waals surface area contributed by atoms with Crippen molar-refractivity contribution in [3.8, 4) is 0 Å². The summed E-state index contributed by atoms with van der Waals surface area (Å²) in [7, 11) is 0. The highest BCUT2D eigenvalue weighted by Gasteiger charge is 2.34. The number of hydrogen-bond acceptors (Lipinski definition) is 2. The Bertz CT molecular complexity index is 668. The molecule has 28 heavy (non-hydrogen) atoms. The maximum Gasteiger partial charge on any atom is 0.303 e. The van der Waals surface area contributed by atoms with Crippen LogP contribution in [-0.4, -0.2) is 16.9 Å². The number of carboxylic acid groups (broad SMARTS) is 1. The summed E-state index contributed by atoms with van der Waals surface area (Å²) in [5, 5.41) is 8.68. The summed E-state index contributed by atoms with van der Waals surface area (Å²) in [5.74, 6) is 0.907. The number of carbonyl (C=O) groups is 2. The van der Waals surface area contributed by atoms with Crippen molar-refractivity contribution in [3.63, 3.8) is 0 Å². The molecule has 0 radical (unpaired) electrons. The second kappa shape index (κ2) is 10.6. The molecule has 2 aliphatic rings. The second-order valence-corrected chi connectivity index (χ2v) is 8.66. The Morgan fingerprint density at radius 2 is 1.79 bits per heavy atom. The van der Waals surface area contributed by atoms with Crippen molar-refractivity contribution in [1.82, 2.24) is 0 Å². The van der Waals surface area contributed by atoms with Crippen molar-refractivity contribution in [3.05, 3.63) is 47.5 Å². The Kier molecular flexibility index (Phi) is 7.88. The monoisotopic (exact) mass is 382 g/mol. The highest BCUT2D eigenvalue weighted by Crippen LogP contribution is 2.39. The molecule has 1 aromatic rings. The minimum Gasteiger partial charge on any atom is -0.481 e. The molecule has 2 atom stereocenters. The number of unbranched alkanes of at least 4 members (excludes halogenated alkanes) is 1. The van der Waals surface area contributed by atoms with Crippen LogP contribution < -0.4 is 0 Å². The number of rotatable bonds is 9. The molecule has 1 N–H and O–H groups in total. The molecular formula is C25H34O3. The number of benzene rings is 1. The average molecular weight is 383 g/mol. The largest absolute Gasteiger partial charge is 0.481 e. The molecule has 152 valence electrons. The van der Waals surface area contributed by atoms with Gasteiger partial charge in [-0.05, 0) is 55.1 Å². The van der Waals surface area contributed by atoms with E-state index in [0.717, 1.165) is 25.2 Å². The Morgan fingerprint density at radius 1 is 1.04 bits per heavy atom. The molecule has 0 aliphatic heterocycles. The number of ketones is 1. The number of carbonyl (C=O) groups excluding carboxylic acids is 1. The van der Waals surface area contributed by atoms with Crippen LogP contribution in [0.15, 0.2) is 36.4 Å². The van der Waals surface area contributed by atoms with Crippen LogP contribution >= 0.6 is 0 Å². The highest BCUT2D eigenvalue weighted by atomic mass is 16.4. The lowest BCUT2D eigenvalue weighted by Gasteiger charge is -2.22. The van der Waals surface area contributed by atoms with E-state index in [4.69, 9.17) is 5.11 Å². The van der Waals surface area contributed by atoms with Crippen LogP contribution in [0.4, 0.5) is 0 Å². The summed E-state index contributed by atoms with van der Waals surface area (Å²) in [6.45, 7) is 0. The first-order valence-corrected chi connectivity index (χ1v) is 11.1. The van der Waals surface area contributed by atoms with Gasteiger partial charge in [0.05, 0.1) is 0 Å². The number of aliphatic carboxylic acids is 1. The molecule has 2 fully saturated rings. The maximum atomic E-state index is 12.4. The lowest BCUT2D eigenvalue weighted by Crippen LogP contribution is -2.13. The third-order valence-electron chi connectivity index (χ3n) is 6.58. The number of hydrogen-bond donors (Lipinski definition) is 1.